The Morgan fingerprint density at radius 3 is 2.78 bits per heavy atom. The van der Waals surface area contributed by atoms with Crippen LogP contribution in [0.2, 0.25) is 0 Å². The van der Waals surface area contributed by atoms with Crippen molar-refractivity contribution in [3.05, 3.63) is 35.4 Å². The highest BCUT2D eigenvalue weighted by Gasteiger charge is 2.22. The smallest absolute Gasteiger partial charge is 0.0235 e. The Morgan fingerprint density at radius 2 is 2.06 bits per heavy atom. The molecule has 1 fully saturated rings. The third kappa shape index (κ3) is 3.31. The summed E-state index contributed by atoms with van der Waals surface area (Å²) in [6.07, 6.45) is 1.23. The van der Waals surface area contributed by atoms with Crippen LogP contribution in [0.5, 0.6) is 0 Å². The van der Waals surface area contributed by atoms with Crippen LogP contribution in [0, 0.1) is 0 Å². The van der Waals surface area contributed by atoms with Gasteiger partial charge >= 0.3 is 0 Å². The topological polar surface area (TPSA) is 32.5 Å². The fourth-order valence-electron chi connectivity index (χ4n) is 2.71. The molecular weight excluding hydrogens is 222 g/mol. The molecule has 100 valence electrons. The summed E-state index contributed by atoms with van der Waals surface area (Å²) in [7, 11) is 2.24. The van der Waals surface area contributed by atoms with Crippen LogP contribution >= 0.6 is 0 Å². The molecule has 1 heterocycles. The molecule has 1 aromatic rings. The lowest BCUT2D eigenvalue weighted by Gasteiger charge is -2.39. The average molecular weight is 247 g/mol. The van der Waals surface area contributed by atoms with Gasteiger partial charge in [-0.3, -0.25) is 4.90 Å². The van der Waals surface area contributed by atoms with Crippen LogP contribution in [0.25, 0.3) is 0 Å². The molecule has 0 saturated carbocycles. The molecule has 1 unspecified atom stereocenters. The summed E-state index contributed by atoms with van der Waals surface area (Å²) in [5, 5.41) is 0. The minimum Gasteiger partial charge on any atom is -0.326 e. The molecular formula is C15H25N3. The Balaban J connectivity index is 1.96. The van der Waals surface area contributed by atoms with Crippen molar-refractivity contribution >= 4 is 0 Å². The fourth-order valence-corrected chi connectivity index (χ4v) is 2.71. The number of rotatable bonds is 4. The van der Waals surface area contributed by atoms with Crippen molar-refractivity contribution in [3.8, 4) is 0 Å². The summed E-state index contributed by atoms with van der Waals surface area (Å²) >= 11 is 0. The summed E-state index contributed by atoms with van der Waals surface area (Å²) < 4.78 is 0. The van der Waals surface area contributed by atoms with Gasteiger partial charge in [0.05, 0.1) is 0 Å². The molecule has 0 aliphatic carbocycles. The van der Waals surface area contributed by atoms with Gasteiger partial charge in [-0.1, -0.05) is 31.2 Å². The Hall–Kier alpha value is -0.900. The van der Waals surface area contributed by atoms with Crippen LogP contribution in [0.1, 0.15) is 24.5 Å². The summed E-state index contributed by atoms with van der Waals surface area (Å²) in [6, 6.07) is 9.36. The first kappa shape index (κ1) is 13.5. The van der Waals surface area contributed by atoms with E-state index in [0.29, 0.717) is 12.6 Å². The number of hydrogen-bond acceptors (Lipinski definition) is 3. The van der Waals surface area contributed by atoms with Gasteiger partial charge in [0.1, 0.15) is 0 Å². The maximum absolute atomic E-state index is 5.69. The molecule has 1 aliphatic heterocycles. The van der Waals surface area contributed by atoms with E-state index in [4.69, 9.17) is 5.73 Å². The Morgan fingerprint density at radius 1 is 1.28 bits per heavy atom. The van der Waals surface area contributed by atoms with E-state index in [1.807, 2.05) is 0 Å². The van der Waals surface area contributed by atoms with Gasteiger partial charge < -0.3 is 10.6 Å². The number of piperazine rings is 1. The van der Waals surface area contributed by atoms with E-state index in [2.05, 4.69) is 48.0 Å². The minimum absolute atomic E-state index is 0.633. The largest absolute Gasteiger partial charge is 0.326 e. The molecule has 2 N–H and O–H groups in total. The van der Waals surface area contributed by atoms with Gasteiger partial charge in [0, 0.05) is 38.8 Å². The van der Waals surface area contributed by atoms with Gasteiger partial charge in [0.2, 0.25) is 0 Å². The molecule has 0 bridgehead atoms. The lowest BCUT2D eigenvalue weighted by Crippen LogP contribution is -2.50. The molecule has 2 rings (SSSR count). The van der Waals surface area contributed by atoms with Gasteiger partial charge in [-0.15, -0.1) is 0 Å². The Kier molecular flexibility index (Phi) is 4.75. The lowest BCUT2D eigenvalue weighted by molar-refractivity contribution is 0.0883. The summed E-state index contributed by atoms with van der Waals surface area (Å²) in [6.45, 7) is 7.49. The van der Waals surface area contributed by atoms with E-state index in [0.717, 1.165) is 6.54 Å². The lowest BCUT2D eigenvalue weighted by atomic mass is 10.1. The molecule has 1 atom stereocenters. The number of nitrogens with zero attached hydrogens (tertiary/aromatic N) is 2. The third-order valence-corrected chi connectivity index (χ3v) is 3.97. The monoisotopic (exact) mass is 247 g/mol. The average Bonchev–Trinajstić information content (AvgIpc) is 2.41. The molecule has 1 saturated heterocycles. The Bertz CT molecular complexity index is 378. The van der Waals surface area contributed by atoms with Crippen LogP contribution in [-0.2, 0) is 13.1 Å². The van der Waals surface area contributed by atoms with Crippen LogP contribution in [0.15, 0.2) is 24.3 Å². The minimum atomic E-state index is 0.633. The summed E-state index contributed by atoms with van der Waals surface area (Å²) in [5.74, 6) is 0. The summed E-state index contributed by atoms with van der Waals surface area (Å²) in [4.78, 5) is 5.04. The van der Waals surface area contributed by atoms with Crippen molar-refractivity contribution in [3.63, 3.8) is 0 Å². The van der Waals surface area contributed by atoms with Gasteiger partial charge in [0.25, 0.3) is 0 Å². The molecule has 1 aliphatic rings. The van der Waals surface area contributed by atoms with Crippen LogP contribution < -0.4 is 5.73 Å². The first-order valence-electron chi connectivity index (χ1n) is 6.93. The molecule has 1 aromatic carbocycles. The van der Waals surface area contributed by atoms with E-state index in [1.165, 1.54) is 37.2 Å². The summed E-state index contributed by atoms with van der Waals surface area (Å²) in [5.41, 5.74) is 8.31. The Labute approximate surface area is 111 Å². The molecule has 3 heteroatoms. The highest BCUT2D eigenvalue weighted by molar-refractivity contribution is 5.23. The molecule has 0 amide bonds. The van der Waals surface area contributed by atoms with E-state index in [-0.39, 0.29) is 0 Å². The highest BCUT2D eigenvalue weighted by atomic mass is 15.3. The second-order valence-electron chi connectivity index (χ2n) is 5.30. The molecule has 18 heavy (non-hydrogen) atoms. The zero-order chi connectivity index (χ0) is 13.0. The number of benzene rings is 1. The highest BCUT2D eigenvalue weighted by Crippen LogP contribution is 2.14. The first-order chi connectivity index (χ1) is 8.72. The van der Waals surface area contributed by atoms with E-state index in [9.17, 15) is 0 Å². The van der Waals surface area contributed by atoms with Crippen LogP contribution in [0.4, 0.5) is 0 Å². The number of likely N-dealkylation sites (N-methyl/N-ethyl adjacent to an activating group) is 1. The van der Waals surface area contributed by atoms with Crippen molar-refractivity contribution in [2.24, 2.45) is 5.73 Å². The van der Waals surface area contributed by atoms with Gasteiger partial charge in [0.15, 0.2) is 0 Å². The zero-order valence-corrected chi connectivity index (χ0v) is 11.6. The fraction of sp³-hybridized carbons (Fsp3) is 0.600. The normalized spacial score (nSPS) is 22.3. The predicted molar refractivity (Wildman–Crippen MR) is 76.3 cm³/mol. The molecule has 3 nitrogen and oxygen atoms in total. The van der Waals surface area contributed by atoms with Gasteiger partial charge in [-0.25, -0.2) is 0 Å². The van der Waals surface area contributed by atoms with Crippen molar-refractivity contribution in [1.82, 2.24) is 9.80 Å². The zero-order valence-electron chi connectivity index (χ0n) is 11.6. The first-order valence-corrected chi connectivity index (χ1v) is 6.93. The van der Waals surface area contributed by atoms with E-state index < -0.39 is 0 Å². The van der Waals surface area contributed by atoms with Crippen LogP contribution in [0.3, 0.4) is 0 Å². The van der Waals surface area contributed by atoms with E-state index in [1.54, 1.807) is 0 Å². The van der Waals surface area contributed by atoms with Gasteiger partial charge in [-0.05, 0) is 24.6 Å². The predicted octanol–water partition coefficient (Wildman–Crippen LogP) is 1.67. The molecule has 0 aromatic heterocycles. The van der Waals surface area contributed by atoms with Crippen molar-refractivity contribution in [2.45, 2.75) is 32.5 Å². The van der Waals surface area contributed by atoms with Gasteiger partial charge in [-0.2, -0.15) is 0 Å². The van der Waals surface area contributed by atoms with E-state index >= 15 is 0 Å². The second-order valence-corrected chi connectivity index (χ2v) is 5.30. The quantitative estimate of drug-likeness (QED) is 0.878. The molecule has 0 radical (unpaired) electrons. The molecule has 0 spiro atoms. The number of nitrogens with two attached hydrogens (primary N) is 1. The standard InChI is InChI=1S/C15H25N3/c1-3-15-12-18(8-7-17(15)2)11-14-6-4-5-13(9-14)10-16/h4-6,9,15H,3,7-8,10-12,16H2,1-2H3. The maximum atomic E-state index is 5.69. The van der Waals surface area contributed by atoms with Crippen molar-refractivity contribution < 1.29 is 0 Å². The van der Waals surface area contributed by atoms with Crippen LogP contribution in [-0.4, -0.2) is 42.5 Å². The number of hydrogen-bond donors (Lipinski definition) is 1. The SMILES string of the molecule is CCC1CN(Cc2cccc(CN)c2)CCN1C. The van der Waals surface area contributed by atoms with Crippen molar-refractivity contribution in [1.29, 1.82) is 0 Å². The maximum Gasteiger partial charge on any atom is 0.0235 e. The second kappa shape index (κ2) is 6.32. The van der Waals surface area contributed by atoms with Crippen molar-refractivity contribution in [2.75, 3.05) is 26.7 Å². The third-order valence-electron chi connectivity index (χ3n) is 3.97.